The number of thiazole rings is 1. The monoisotopic (exact) mass is 293 g/mol. The first kappa shape index (κ1) is 13.6. The highest BCUT2D eigenvalue weighted by Gasteiger charge is 2.28. The largest absolute Gasteiger partial charge is 0.359 e. The molecule has 0 aliphatic carbocycles. The Bertz CT molecular complexity index is 643. The van der Waals surface area contributed by atoms with E-state index < -0.39 is 0 Å². The summed E-state index contributed by atoms with van der Waals surface area (Å²) in [6.07, 6.45) is 2.27. The molecule has 3 heterocycles. The van der Waals surface area contributed by atoms with E-state index in [-0.39, 0.29) is 4.87 Å². The summed E-state index contributed by atoms with van der Waals surface area (Å²) in [5.74, 6) is 0.953. The number of likely N-dealkylation sites (tertiary alicyclic amines) is 1. The Hall–Kier alpha value is -1.40. The number of aryl methyl sites for hydroxylation is 2. The van der Waals surface area contributed by atoms with Crippen LogP contribution in [0.15, 0.2) is 20.8 Å². The molecule has 2 aromatic heterocycles. The van der Waals surface area contributed by atoms with Crippen molar-refractivity contribution >= 4 is 11.3 Å². The van der Waals surface area contributed by atoms with E-state index in [1.807, 2.05) is 29.9 Å². The van der Waals surface area contributed by atoms with Gasteiger partial charge in [-0.2, -0.15) is 0 Å². The average molecular weight is 293 g/mol. The highest BCUT2D eigenvalue weighted by atomic mass is 32.1. The van der Waals surface area contributed by atoms with Crippen molar-refractivity contribution in [3.8, 4) is 0 Å². The predicted octanol–water partition coefficient (Wildman–Crippen LogP) is 2.35. The third-order valence-corrected chi connectivity index (χ3v) is 4.81. The normalized spacial score (nSPS) is 19.8. The highest BCUT2D eigenvalue weighted by molar-refractivity contribution is 7.07. The Morgan fingerprint density at radius 3 is 2.95 bits per heavy atom. The van der Waals surface area contributed by atoms with Gasteiger partial charge >= 0.3 is 4.87 Å². The van der Waals surface area contributed by atoms with Crippen LogP contribution in [0.5, 0.6) is 0 Å². The summed E-state index contributed by atoms with van der Waals surface area (Å²) < 4.78 is 7.26. The zero-order valence-corrected chi connectivity index (χ0v) is 12.7. The lowest BCUT2D eigenvalue weighted by Gasteiger charge is -2.22. The van der Waals surface area contributed by atoms with E-state index >= 15 is 0 Å². The number of hydrogen-bond donors (Lipinski definition) is 0. The van der Waals surface area contributed by atoms with Gasteiger partial charge in [-0.3, -0.25) is 9.69 Å². The first-order valence-corrected chi connectivity index (χ1v) is 7.85. The van der Waals surface area contributed by atoms with Crippen molar-refractivity contribution in [3.63, 3.8) is 0 Å². The molecule has 3 rings (SSSR count). The first-order chi connectivity index (χ1) is 9.65. The second kappa shape index (κ2) is 5.54. The summed E-state index contributed by atoms with van der Waals surface area (Å²) in [5.41, 5.74) is 1.98. The van der Waals surface area contributed by atoms with Gasteiger partial charge in [0.1, 0.15) is 0 Å². The molecule has 6 heteroatoms. The number of nitrogens with zero attached hydrogens (tertiary/aromatic N) is 3. The van der Waals surface area contributed by atoms with Gasteiger partial charge in [-0.05, 0) is 33.2 Å². The van der Waals surface area contributed by atoms with Crippen LogP contribution < -0.4 is 4.87 Å². The summed E-state index contributed by atoms with van der Waals surface area (Å²) in [7, 11) is 0. The zero-order chi connectivity index (χ0) is 14.1. The van der Waals surface area contributed by atoms with Crippen LogP contribution in [0.4, 0.5) is 0 Å². The summed E-state index contributed by atoms with van der Waals surface area (Å²) in [6.45, 7) is 6.61. The van der Waals surface area contributed by atoms with Crippen molar-refractivity contribution in [2.45, 2.75) is 39.3 Å². The molecule has 0 spiro atoms. The van der Waals surface area contributed by atoms with Crippen molar-refractivity contribution < 1.29 is 4.52 Å². The summed E-state index contributed by atoms with van der Waals surface area (Å²) in [5, 5.41) is 5.90. The van der Waals surface area contributed by atoms with Crippen LogP contribution in [0, 0.1) is 13.8 Å². The quantitative estimate of drug-likeness (QED) is 0.868. The fourth-order valence-corrected chi connectivity index (χ4v) is 3.62. The van der Waals surface area contributed by atoms with Crippen LogP contribution in [-0.2, 0) is 6.54 Å². The minimum Gasteiger partial charge on any atom is -0.359 e. The molecule has 1 saturated heterocycles. The van der Waals surface area contributed by atoms with Crippen LogP contribution >= 0.6 is 11.3 Å². The van der Waals surface area contributed by atoms with Crippen LogP contribution in [0.2, 0.25) is 0 Å². The van der Waals surface area contributed by atoms with Crippen LogP contribution in [0.3, 0.4) is 0 Å². The molecular formula is C14H19N3O2S. The number of hydrogen-bond acceptors (Lipinski definition) is 5. The van der Waals surface area contributed by atoms with Gasteiger partial charge in [0, 0.05) is 30.2 Å². The van der Waals surface area contributed by atoms with Gasteiger partial charge in [0.05, 0.1) is 11.7 Å². The van der Waals surface area contributed by atoms with Crippen molar-refractivity contribution in [2.75, 3.05) is 13.1 Å². The predicted molar refractivity (Wildman–Crippen MR) is 78.1 cm³/mol. The SMILES string of the molecule is Cc1cc([C@@H]2CCCN2CCn2c(C)csc2=O)on1. The van der Waals surface area contributed by atoms with Gasteiger partial charge in [0.25, 0.3) is 0 Å². The maximum Gasteiger partial charge on any atom is 0.307 e. The summed E-state index contributed by atoms with van der Waals surface area (Å²) >= 11 is 1.27. The van der Waals surface area contributed by atoms with E-state index in [1.54, 1.807) is 0 Å². The lowest BCUT2D eigenvalue weighted by atomic mass is 10.1. The van der Waals surface area contributed by atoms with Gasteiger partial charge in [0.2, 0.25) is 0 Å². The molecule has 0 unspecified atom stereocenters. The fourth-order valence-electron chi connectivity index (χ4n) is 2.86. The molecule has 0 radical (unpaired) electrons. The maximum absolute atomic E-state index is 11.7. The standard InChI is InChI=1S/C14H19N3O2S/c1-10-8-13(19-15-10)12-4-3-5-16(12)6-7-17-11(2)9-20-14(17)18/h8-9,12H,3-7H2,1-2H3/t12-/m0/s1. The van der Waals surface area contributed by atoms with Gasteiger partial charge in [0.15, 0.2) is 5.76 Å². The summed E-state index contributed by atoms with van der Waals surface area (Å²) in [4.78, 5) is 14.3. The lowest BCUT2D eigenvalue weighted by Crippen LogP contribution is -2.29. The van der Waals surface area contributed by atoms with Crippen molar-refractivity contribution in [2.24, 2.45) is 0 Å². The topological polar surface area (TPSA) is 51.3 Å². The third kappa shape index (κ3) is 2.58. The van der Waals surface area contributed by atoms with E-state index in [0.717, 1.165) is 43.2 Å². The second-order valence-electron chi connectivity index (χ2n) is 5.36. The van der Waals surface area contributed by atoms with Crippen LogP contribution in [0.1, 0.15) is 36.0 Å². The van der Waals surface area contributed by atoms with E-state index in [4.69, 9.17) is 4.52 Å². The molecule has 108 valence electrons. The molecule has 1 aliphatic rings. The van der Waals surface area contributed by atoms with E-state index in [2.05, 4.69) is 10.1 Å². The molecule has 0 N–H and O–H groups in total. The average Bonchev–Trinajstić information content (AvgIpc) is 3.10. The Morgan fingerprint density at radius 2 is 2.30 bits per heavy atom. The number of aromatic nitrogens is 2. The Balaban J connectivity index is 1.69. The lowest BCUT2D eigenvalue weighted by molar-refractivity contribution is 0.206. The molecule has 1 fully saturated rings. The number of rotatable bonds is 4. The van der Waals surface area contributed by atoms with Crippen molar-refractivity contribution in [1.29, 1.82) is 0 Å². The van der Waals surface area contributed by atoms with Crippen LogP contribution in [0.25, 0.3) is 0 Å². The smallest absolute Gasteiger partial charge is 0.307 e. The molecule has 5 nitrogen and oxygen atoms in total. The molecule has 0 saturated carbocycles. The molecule has 20 heavy (non-hydrogen) atoms. The van der Waals surface area contributed by atoms with E-state index in [9.17, 15) is 4.79 Å². The third-order valence-electron chi connectivity index (χ3n) is 3.93. The second-order valence-corrected chi connectivity index (χ2v) is 6.18. The van der Waals surface area contributed by atoms with E-state index in [1.165, 1.54) is 17.8 Å². The zero-order valence-electron chi connectivity index (χ0n) is 11.8. The Morgan fingerprint density at radius 1 is 1.45 bits per heavy atom. The maximum atomic E-state index is 11.7. The molecule has 2 aromatic rings. The Kier molecular flexibility index (Phi) is 3.76. The van der Waals surface area contributed by atoms with E-state index in [0.29, 0.717) is 6.04 Å². The Labute approximate surface area is 121 Å². The summed E-state index contributed by atoms with van der Waals surface area (Å²) in [6, 6.07) is 2.33. The van der Waals surface area contributed by atoms with Gasteiger partial charge < -0.3 is 9.09 Å². The van der Waals surface area contributed by atoms with Gasteiger partial charge in [-0.15, -0.1) is 0 Å². The van der Waals surface area contributed by atoms with Gasteiger partial charge in [-0.25, -0.2) is 0 Å². The molecule has 0 amide bonds. The molecule has 1 aliphatic heterocycles. The van der Waals surface area contributed by atoms with Gasteiger partial charge in [-0.1, -0.05) is 16.5 Å². The van der Waals surface area contributed by atoms with Crippen molar-refractivity contribution in [1.82, 2.24) is 14.6 Å². The van der Waals surface area contributed by atoms with Crippen molar-refractivity contribution in [3.05, 3.63) is 38.3 Å². The minimum absolute atomic E-state index is 0.133. The fraction of sp³-hybridized carbons (Fsp3) is 0.571. The van der Waals surface area contributed by atoms with Crippen LogP contribution in [-0.4, -0.2) is 27.7 Å². The molecule has 1 atom stereocenters. The minimum atomic E-state index is 0.133. The first-order valence-electron chi connectivity index (χ1n) is 6.97. The molecular weight excluding hydrogens is 274 g/mol. The highest BCUT2D eigenvalue weighted by Crippen LogP contribution is 2.31. The molecule has 0 aromatic carbocycles. The molecule has 0 bridgehead atoms.